The van der Waals surface area contributed by atoms with E-state index in [0.717, 1.165) is 64.7 Å². The van der Waals surface area contributed by atoms with Crippen molar-refractivity contribution in [3.63, 3.8) is 0 Å². The second-order valence-corrected chi connectivity index (χ2v) is 8.86. The van der Waals surface area contributed by atoms with Gasteiger partial charge in [-0.1, -0.05) is 30.3 Å². The fourth-order valence-corrected chi connectivity index (χ4v) is 4.75. The topological polar surface area (TPSA) is 52.7 Å². The number of benzene rings is 1. The van der Waals surface area contributed by atoms with E-state index in [1.165, 1.54) is 5.56 Å². The molecule has 2 aliphatic heterocycles. The molecular weight excluding hydrogens is 350 g/mol. The van der Waals surface area contributed by atoms with E-state index < -0.39 is 0 Å². The predicted molar refractivity (Wildman–Crippen MR) is 110 cm³/mol. The summed E-state index contributed by atoms with van der Waals surface area (Å²) in [7, 11) is 0. The molecule has 1 N–H and O–H groups in total. The standard InChI is InChI=1S/C23H33N3O2/c1-17-15-20(9-12-24-17)22(27)25-13-10-19(11-14-25)23(28)26(21-7-8-21)16-18-5-3-2-4-6-18/h2-6,17,19-21,24H,7-16H2,1H3/t17-,20-/m0/s1. The molecule has 2 heterocycles. The second kappa shape index (κ2) is 8.64. The summed E-state index contributed by atoms with van der Waals surface area (Å²) in [5.41, 5.74) is 1.20. The third-order valence-electron chi connectivity index (χ3n) is 6.60. The van der Waals surface area contributed by atoms with Gasteiger partial charge in [-0.05, 0) is 57.6 Å². The van der Waals surface area contributed by atoms with Crippen molar-refractivity contribution in [3.8, 4) is 0 Å². The summed E-state index contributed by atoms with van der Waals surface area (Å²) in [4.78, 5) is 30.2. The van der Waals surface area contributed by atoms with E-state index in [2.05, 4.69) is 29.3 Å². The van der Waals surface area contributed by atoms with Gasteiger partial charge in [-0.2, -0.15) is 0 Å². The van der Waals surface area contributed by atoms with Crippen LogP contribution in [0, 0.1) is 11.8 Å². The smallest absolute Gasteiger partial charge is 0.226 e. The minimum atomic E-state index is 0.0697. The van der Waals surface area contributed by atoms with E-state index in [-0.39, 0.29) is 11.8 Å². The lowest BCUT2D eigenvalue weighted by Crippen LogP contribution is -2.48. The molecule has 28 heavy (non-hydrogen) atoms. The van der Waals surface area contributed by atoms with E-state index in [1.807, 2.05) is 23.1 Å². The van der Waals surface area contributed by atoms with Gasteiger partial charge in [0.1, 0.15) is 0 Å². The number of piperidine rings is 2. The minimum Gasteiger partial charge on any atom is -0.342 e. The van der Waals surface area contributed by atoms with Gasteiger partial charge >= 0.3 is 0 Å². The Morgan fingerprint density at radius 3 is 2.39 bits per heavy atom. The largest absolute Gasteiger partial charge is 0.342 e. The van der Waals surface area contributed by atoms with Gasteiger partial charge in [0, 0.05) is 43.6 Å². The van der Waals surface area contributed by atoms with Gasteiger partial charge in [0.05, 0.1) is 0 Å². The average Bonchev–Trinajstić information content (AvgIpc) is 3.57. The molecule has 2 amide bonds. The molecule has 2 saturated heterocycles. The van der Waals surface area contributed by atoms with Crippen molar-refractivity contribution in [1.29, 1.82) is 0 Å². The van der Waals surface area contributed by atoms with Crippen molar-refractivity contribution in [2.75, 3.05) is 19.6 Å². The van der Waals surface area contributed by atoms with Gasteiger partial charge in [0.25, 0.3) is 0 Å². The summed E-state index contributed by atoms with van der Waals surface area (Å²) in [6, 6.07) is 11.1. The van der Waals surface area contributed by atoms with Crippen LogP contribution in [-0.2, 0) is 16.1 Å². The van der Waals surface area contributed by atoms with Gasteiger partial charge in [-0.15, -0.1) is 0 Å². The Kier molecular flexibility index (Phi) is 6.00. The third-order valence-corrected chi connectivity index (χ3v) is 6.60. The van der Waals surface area contributed by atoms with Crippen LogP contribution in [0.4, 0.5) is 0 Å². The fourth-order valence-electron chi connectivity index (χ4n) is 4.75. The van der Waals surface area contributed by atoms with Crippen LogP contribution >= 0.6 is 0 Å². The molecule has 0 spiro atoms. The maximum Gasteiger partial charge on any atom is 0.226 e. The van der Waals surface area contributed by atoms with E-state index in [9.17, 15) is 9.59 Å². The molecule has 0 unspecified atom stereocenters. The Labute approximate surface area is 168 Å². The first kappa shape index (κ1) is 19.4. The molecule has 1 saturated carbocycles. The molecule has 1 aromatic carbocycles. The second-order valence-electron chi connectivity index (χ2n) is 8.86. The first-order valence-corrected chi connectivity index (χ1v) is 11.0. The highest BCUT2D eigenvalue weighted by Crippen LogP contribution is 2.32. The van der Waals surface area contributed by atoms with Crippen molar-refractivity contribution in [3.05, 3.63) is 35.9 Å². The Hall–Kier alpha value is -1.88. The number of hydrogen-bond acceptors (Lipinski definition) is 3. The monoisotopic (exact) mass is 383 g/mol. The highest BCUT2D eigenvalue weighted by molar-refractivity contribution is 5.81. The SMILES string of the molecule is C[C@H]1C[C@@H](C(=O)N2CCC(C(=O)N(Cc3ccccc3)C3CC3)CC2)CCN1. The molecule has 1 aliphatic carbocycles. The quantitative estimate of drug-likeness (QED) is 0.851. The van der Waals surface area contributed by atoms with Crippen LogP contribution in [0.5, 0.6) is 0 Å². The summed E-state index contributed by atoms with van der Waals surface area (Å²) >= 11 is 0. The molecule has 0 bridgehead atoms. The molecule has 152 valence electrons. The number of hydrogen-bond donors (Lipinski definition) is 1. The molecule has 3 aliphatic rings. The third kappa shape index (κ3) is 4.57. The van der Waals surface area contributed by atoms with Crippen LogP contribution in [-0.4, -0.2) is 53.3 Å². The Morgan fingerprint density at radius 2 is 1.75 bits per heavy atom. The van der Waals surface area contributed by atoms with E-state index in [4.69, 9.17) is 0 Å². The van der Waals surface area contributed by atoms with Crippen molar-refractivity contribution in [2.24, 2.45) is 11.8 Å². The van der Waals surface area contributed by atoms with Crippen LogP contribution in [0.15, 0.2) is 30.3 Å². The Bertz CT molecular complexity index is 680. The maximum atomic E-state index is 13.2. The summed E-state index contributed by atoms with van der Waals surface area (Å²) in [6.07, 6.45) is 5.75. The van der Waals surface area contributed by atoms with Crippen LogP contribution in [0.25, 0.3) is 0 Å². The molecular formula is C23H33N3O2. The number of rotatable bonds is 5. The average molecular weight is 384 g/mol. The number of amides is 2. The summed E-state index contributed by atoms with van der Waals surface area (Å²) in [5.74, 6) is 0.835. The van der Waals surface area contributed by atoms with Crippen LogP contribution < -0.4 is 5.32 Å². The van der Waals surface area contributed by atoms with E-state index >= 15 is 0 Å². The molecule has 2 atom stereocenters. The number of nitrogens with one attached hydrogen (secondary N) is 1. The molecule has 0 radical (unpaired) electrons. The van der Waals surface area contributed by atoms with E-state index in [0.29, 0.717) is 23.9 Å². The van der Waals surface area contributed by atoms with Gasteiger partial charge in [-0.3, -0.25) is 9.59 Å². The molecule has 5 nitrogen and oxygen atoms in total. The minimum absolute atomic E-state index is 0.0697. The van der Waals surface area contributed by atoms with Gasteiger partial charge in [0.15, 0.2) is 0 Å². The highest BCUT2D eigenvalue weighted by Gasteiger charge is 2.38. The van der Waals surface area contributed by atoms with Gasteiger partial charge in [-0.25, -0.2) is 0 Å². The maximum absolute atomic E-state index is 13.2. The number of likely N-dealkylation sites (tertiary alicyclic amines) is 1. The first-order chi connectivity index (χ1) is 13.6. The molecule has 1 aromatic rings. The summed E-state index contributed by atoms with van der Waals surface area (Å²) < 4.78 is 0. The normalized spacial score (nSPS) is 26.1. The lowest BCUT2D eigenvalue weighted by atomic mass is 9.89. The Balaban J connectivity index is 1.32. The fraction of sp³-hybridized carbons (Fsp3) is 0.652. The van der Waals surface area contributed by atoms with Crippen LogP contribution in [0.2, 0.25) is 0 Å². The van der Waals surface area contributed by atoms with Crippen molar-refractivity contribution in [1.82, 2.24) is 15.1 Å². The van der Waals surface area contributed by atoms with Crippen molar-refractivity contribution < 1.29 is 9.59 Å². The van der Waals surface area contributed by atoms with Crippen molar-refractivity contribution in [2.45, 2.75) is 64.1 Å². The summed E-state index contributed by atoms with van der Waals surface area (Å²) in [6.45, 7) is 5.27. The molecule has 3 fully saturated rings. The zero-order valence-corrected chi connectivity index (χ0v) is 17.0. The van der Waals surface area contributed by atoms with Crippen LogP contribution in [0.3, 0.4) is 0 Å². The number of carbonyl (C=O) groups excluding carboxylic acids is 2. The molecule has 0 aromatic heterocycles. The first-order valence-electron chi connectivity index (χ1n) is 11.0. The van der Waals surface area contributed by atoms with Crippen LogP contribution in [0.1, 0.15) is 51.0 Å². The Morgan fingerprint density at radius 1 is 1.04 bits per heavy atom. The molecule has 4 rings (SSSR count). The summed E-state index contributed by atoms with van der Waals surface area (Å²) in [5, 5.41) is 3.42. The number of nitrogens with zero attached hydrogens (tertiary/aromatic N) is 2. The number of carbonyl (C=O) groups is 2. The zero-order valence-electron chi connectivity index (χ0n) is 17.0. The van der Waals surface area contributed by atoms with E-state index in [1.54, 1.807) is 0 Å². The highest BCUT2D eigenvalue weighted by atomic mass is 16.2. The van der Waals surface area contributed by atoms with Gasteiger partial charge < -0.3 is 15.1 Å². The lowest BCUT2D eigenvalue weighted by molar-refractivity contribution is -0.143. The zero-order chi connectivity index (χ0) is 19.5. The molecule has 5 heteroatoms. The van der Waals surface area contributed by atoms with Crippen molar-refractivity contribution >= 4 is 11.8 Å². The lowest BCUT2D eigenvalue weighted by Gasteiger charge is -2.37. The predicted octanol–water partition coefficient (Wildman–Crippen LogP) is 2.80. The van der Waals surface area contributed by atoms with Gasteiger partial charge in [0.2, 0.25) is 11.8 Å².